The molecule has 0 saturated heterocycles. The fraction of sp³-hybridized carbons (Fsp3) is 0.273. The van der Waals surface area contributed by atoms with Crippen LogP contribution in [0.3, 0.4) is 0 Å². The Kier molecular flexibility index (Phi) is 4.62. The molecule has 1 rings (SSSR count). The summed E-state index contributed by atoms with van der Waals surface area (Å²) in [6.45, 7) is 1.28. The van der Waals surface area contributed by atoms with Gasteiger partial charge in [-0.05, 0) is 19.1 Å². The number of hydrogen-bond acceptors (Lipinski definition) is 5. The fourth-order valence-corrected chi connectivity index (χ4v) is 1.85. The summed E-state index contributed by atoms with van der Waals surface area (Å²) in [7, 11) is -3.06. The molecule has 0 aliphatic rings. The van der Waals surface area contributed by atoms with Crippen LogP contribution in [-0.4, -0.2) is 31.8 Å². The van der Waals surface area contributed by atoms with Crippen molar-refractivity contribution in [1.29, 1.82) is 0 Å². The Bertz CT molecular complexity index is 608. The van der Waals surface area contributed by atoms with Crippen molar-refractivity contribution in [3.05, 3.63) is 18.2 Å². The molecule has 0 unspecified atom stereocenters. The molecule has 0 radical (unpaired) electrons. The van der Waals surface area contributed by atoms with Gasteiger partial charge in [0.25, 0.3) is 10.1 Å². The molecule has 2 N–H and O–H groups in total. The van der Waals surface area contributed by atoms with Gasteiger partial charge in [-0.15, -0.1) is 0 Å². The van der Waals surface area contributed by atoms with Gasteiger partial charge >= 0.3 is 0 Å². The number of anilines is 1. The van der Waals surface area contributed by atoms with Crippen molar-refractivity contribution < 1.29 is 27.3 Å². The molecule has 8 heteroatoms. The van der Waals surface area contributed by atoms with Gasteiger partial charge in [-0.25, -0.2) is 0 Å². The zero-order valence-electron chi connectivity index (χ0n) is 10.3. The van der Waals surface area contributed by atoms with Crippen LogP contribution in [0, 0.1) is 0 Å². The van der Waals surface area contributed by atoms with Gasteiger partial charge in [0.2, 0.25) is 5.91 Å². The van der Waals surface area contributed by atoms with Crippen LogP contribution in [0.4, 0.5) is 5.69 Å². The van der Waals surface area contributed by atoms with E-state index in [0.29, 0.717) is 0 Å². The predicted octanol–water partition coefficient (Wildman–Crippen LogP) is 0.859. The number of amides is 1. The van der Waals surface area contributed by atoms with Gasteiger partial charge in [-0.3, -0.25) is 14.1 Å². The maximum absolute atomic E-state index is 11.4. The number of carbonyl (C=O) groups excluding carboxylic acids is 2. The molecule has 19 heavy (non-hydrogen) atoms. The first-order chi connectivity index (χ1) is 8.74. The van der Waals surface area contributed by atoms with E-state index in [9.17, 15) is 18.0 Å². The number of methoxy groups -OCH3 is 1. The number of carbonyl (C=O) groups is 2. The first kappa shape index (κ1) is 15.1. The SMILES string of the molecule is COc1cc(S(=O)(=O)O)ccc1NC(=O)CC(C)=O. The molecule has 1 amide bonds. The monoisotopic (exact) mass is 287 g/mol. The van der Waals surface area contributed by atoms with E-state index in [1.165, 1.54) is 20.1 Å². The van der Waals surface area contributed by atoms with Crippen molar-refractivity contribution >= 4 is 27.5 Å². The minimum atomic E-state index is -4.35. The van der Waals surface area contributed by atoms with Gasteiger partial charge < -0.3 is 10.1 Å². The van der Waals surface area contributed by atoms with Crippen molar-refractivity contribution in [2.24, 2.45) is 0 Å². The van der Waals surface area contributed by atoms with E-state index in [1.54, 1.807) is 0 Å². The predicted molar refractivity (Wildman–Crippen MR) is 66.7 cm³/mol. The summed E-state index contributed by atoms with van der Waals surface area (Å²) in [6, 6.07) is 3.44. The number of hydrogen-bond donors (Lipinski definition) is 2. The van der Waals surface area contributed by atoms with Crippen molar-refractivity contribution in [2.45, 2.75) is 18.2 Å². The normalized spacial score (nSPS) is 10.9. The first-order valence-electron chi connectivity index (χ1n) is 5.19. The molecule has 0 atom stereocenters. The van der Waals surface area contributed by atoms with Crippen LogP contribution < -0.4 is 10.1 Å². The summed E-state index contributed by atoms with van der Waals surface area (Å²) in [5.74, 6) is -0.775. The number of benzene rings is 1. The molecule has 1 aromatic rings. The number of rotatable bonds is 5. The topological polar surface area (TPSA) is 110 Å². The molecule has 0 aromatic heterocycles. The van der Waals surface area contributed by atoms with E-state index in [-0.39, 0.29) is 28.5 Å². The Morgan fingerprint density at radius 3 is 2.47 bits per heavy atom. The van der Waals surface area contributed by atoms with Gasteiger partial charge in [0.05, 0.1) is 24.1 Å². The Hall–Kier alpha value is -1.93. The smallest absolute Gasteiger partial charge is 0.294 e. The first-order valence-corrected chi connectivity index (χ1v) is 6.63. The van der Waals surface area contributed by atoms with Crippen LogP contribution in [0.1, 0.15) is 13.3 Å². The highest BCUT2D eigenvalue weighted by Crippen LogP contribution is 2.27. The van der Waals surface area contributed by atoms with Crippen LogP contribution in [0.2, 0.25) is 0 Å². The van der Waals surface area contributed by atoms with Crippen LogP contribution in [0.25, 0.3) is 0 Å². The highest BCUT2D eigenvalue weighted by Gasteiger charge is 2.15. The standard InChI is InChI=1S/C11H13NO6S/c1-7(13)5-11(14)12-9-4-3-8(19(15,16)17)6-10(9)18-2/h3-4,6H,5H2,1-2H3,(H,12,14)(H,15,16,17). The lowest BCUT2D eigenvalue weighted by molar-refractivity contribution is -0.124. The lowest BCUT2D eigenvalue weighted by Crippen LogP contribution is -2.15. The average molecular weight is 287 g/mol. The summed E-state index contributed by atoms with van der Waals surface area (Å²) >= 11 is 0. The summed E-state index contributed by atoms with van der Waals surface area (Å²) in [4.78, 5) is 21.8. The molecule has 0 bridgehead atoms. The highest BCUT2D eigenvalue weighted by molar-refractivity contribution is 7.85. The van der Waals surface area contributed by atoms with Gasteiger partial charge in [0.15, 0.2) is 0 Å². The lowest BCUT2D eigenvalue weighted by Gasteiger charge is -2.10. The average Bonchev–Trinajstić information content (AvgIpc) is 2.26. The third-order valence-electron chi connectivity index (χ3n) is 2.15. The summed E-state index contributed by atoms with van der Waals surface area (Å²) in [5, 5.41) is 2.41. The lowest BCUT2D eigenvalue weighted by atomic mass is 10.2. The van der Waals surface area contributed by atoms with E-state index in [4.69, 9.17) is 9.29 Å². The van der Waals surface area contributed by atoms with Gasteiger partial charge in [0, 0.05) is 6.07 Å². The van der Waals surface area contributed by atoms with Crippen molar-refractivity contribution in [1.82, 2.24) is 0 Å². The second-order valence-electron chi connectivity index (χ2n) is 3.76. The zero-order chi connectivity index (χ0) is 14.6. The largest absolute Gasteiger partial charge is 0.495 e. The number of ketones is 1. The van der Waals surface area contributed by atoms with Gasteiger partial charge in [0.1, 0.15) is 11.5 Å². The molecule has 0 fully saturated rings. The Balaban J connectivity index is 3.03. The Morgan fingerprint density at radius 1 is 1.37 bits per heavy atom. The minimum Gasteiger partial charge on any atom is -0.495 e. The van der Waals surface area contributed by atoms with Crippen LogP contribution in [-0.2, 0) is 19.7 Å². The molecule has 0 aliphatic heterocycles. The summed E-state index contributed by atoms with van der Waals surface area (Å²) < 4.78 is 35.7. The molecule has 104 valence electrons. The van der Waals surface area contributed by atoms with E-state index >= 15 is 0 Å². The Morgan fingerprint density at radius 2 is 2.00 bits per heavy atom. The van der Waals surface area contributed by atoms with E-state index in [0.717, 1.165) is 12.1 Å². The highest BCUT2D eigenvalue weighted by atomic mass is 32.2. The second-order valence-corrected chi connectivity index (χ2v) is 5.19. The maximum atomic E-state index is 11.4. The number of ether oxygens (including phenoxy) is 1. The molecule has 0 aliphatic carbocycles. The van der Waals surface area contributed by atoms with Crippen molar-refractivity contribution in [3.63, 3.8) is 0 Å². The van der Waals surface area contributed by atoms with Crippen LogP contribution in [0.5, 0.6) is 5.75 Å². The molecule has 7 nitrogen and oxygen atoms in total. The van der Waals surface area contributed by atoms with Gasteiger partial charge in [-0.2, -0.15) is 8.42 Å². The van der Waals surface area contributed by atoms with E-state index in [1.807, 2.05) is 0 Å². The summed E-state index contributed by atoms with van der Waals surface area (Å²) in [5.41, 5.74) is 0.209. The minimum absolute atomic E-state index is 0.0621. The molecular formula is C11H13NO6S. The Labute approximate surface area is 110 Å². The van der Waals surface area contributed by atoms with Gasteiger partial charge in [-0.1, -0.05) is 0 Å². The van der Waals surface area contributed by atoms with E-state index < -0.39 is 16.0 Å². The molecule has 0 heterocycles. The molecule has 1 aromatic carbocycles. The zero-order valence-corrected chi connectivity index (χ0v) is 11.2. The van der Waals surface area contributed by atoms with Crippen molar-refractivity contribution in [3.8, 4) is 5.75 Å². The second kappa shape index (κ2) is 5.81. The molecular weight excluding hydrogens is 274 g/mol. The third kappa shape index (κ3) is 4.34. The van der Waals surface area contributed by atoms with Crippen LogP contribution >= 0.6 is 0 Å². The maximum Gasteiger partial charge on any atom is 0.294 e. The fourth-order valence-electron chi connectivity index (χ4n) is 1.36. The number of Topliss-reactive ketones (excluding diaryl/α,β-unsaturated/α-hetero) is 1. The third-order valence-corrected chi connectivity index (χ3v) is 3.00. The quantitative estimate of drug-likeness (QED) is 0.614. The van der Waals surface area contributed by atoms with Crippen molar-refractivity contribution in [2.75, 3.05) is 12.4 Å². The van der Waals surface area contributed by atoms with Crippen LogP contribution in [0.15, 0.2) is 23.1 Å². The molecule has 0 saturated carbocycles. The molecule has 0 spiro atoms. The number of nitrogens with one attached hydrogen (secondary N) is 1. The van der Waals surface area contributed by atoms with E-state index in [2.05, 4.69) is 5.32 Å². The summed E-state index contributed by atoms with van der Waals surface area (Å²) in [6.07, 6.45) is -0.288.